The Morgan fingerprint density at radius 3 is 2.84 bits per heavy atom. The highest BCUT2D eigenvalue weighted by Gasteiger charge is 2.20. The van der Waals surface area contributed by atoms with Gasteiger partial charge in [-0.05, 0) is 42.6 Å². The summed E-state index contributed by atoms with van der Waals surface area (Å²) < 4.78 is 0. The van der Waals surface area contributed by atoms with Crippen LogP contribution in [0.1, 0.15) is 25.3 Å². The molecule has 2 aliphatic rings. The van der Waals surface area contributed by atoms with Gasteiger partial charge < -0.3 is 10.6 Å². The van der Waals surface area contributed by atoms with Gasteiger partial charge in [-0.25, -0.2) is 0 Å². The van der Waals surface area contributed by atoms with Crippen LogP contribution in [0, 0.1) is 0 Å². The van der Waals surface area contributed by atoms with Gasteiger partial charge in [-0.15, -0.1) is 0 Å². The second kappa shape index (κ2) is 4.61. The minimum absolute atomic E-state index is 0.927. The van der Waals surface area contributed by atoms with Crippen molar-refractivity contribution in [2.45, 2.75) is 19.8 Å². The van der Waals surface area contributed by atoms with Gasteiger partial charge >= 0.3 is 0 Å². The third-order valence-corrected chi connectivity index (χ3v) is 4.12. The molecule has 0 aromatic heterocycles. The number of benzene rings is 1. The first-order valence-electron chi connectivity index (χ1n) is 6.84. The van der Waals surface area contributed by atoms with E-state index in [1.165, 1.54) is 28.0 Å². The zero-order chi connectivity index (χ0) is 13.4. The number of anilines is 1. The zero-order valence-electron chi connectivity index (χ0n) is 11.6. The first-order valence-corrected chi connectivity index (χ1v) is 6.84. The molecule has 19 heavy (non-hydrogen) atoms. The van der Waals surface area contributed by atoms with Crippen LogP contribution in [0.25, 0.3) is 5.57 Å². The number of likely N-dealkylation sites (N-methyl/N-ethyl adjacent to an activating group) is 1. The Balaban J connectivity index is 2.24. The summed E-state index contributed by atoms with van der Waals surface area (Å²) in [5.74, 6) is 0. The summed E-state index contributed by atoms with van der Waals surface area (Å²) in [6.07, 6.45) is 6.65. The van der Waals surface area contributed by atoms with Crippen LogP contribution in [0.15, 0.2) is 53.3 Å². The molecule has 0 saturated heterocycles. The molecule has 3 rings (SSSR count). The summed E-state index contributed by atoms with van der Waals surface area (Å²) in [4.78, 5) is 2.32. The van der Waals surface area contributed by atoms with Crippen molar-refractivity contribution >= 4 is 11.3 Å². The lowest BCUT2D eigenvalue weighted by atomic mass is 9.89. The molecule has 2 nitrogen and oxygen atoms in total. The minimum Gasteiger partial charge on any atom is -0.398 e. The van der Waals surface area contributed by atoms with E-state index in [0.717, 1.165) is 25.1 Å². The molecular weight excluding hydrogens is 232 g/mol. The monoisotopic (exact) mass is 252 g/mol. The number of fused-ring (bicyclic) bond motifs is 1. The van der Waals surface area contributed by atoms with Crippen molar-refractivity contribution in [2.24, 2.45) is 5.73 Å². The highest BCUT2D eigenvalue weighted by atomic mass is 15.1. The molecule has 1 aliphatic heterocycles. The fourth-order valence-corrected chi connectivity index (χ4v) is 3.01. The molecule has 0 atom stereocenters. The van der Waals surface area contributed by atoms with Crippen LogP contribution in [0.3, 0.4) is 0 Å². The molecule has 0 spiro atoms. The molecule has 0 amide bonds. The lowest BCUT2D eigenvalue weighted by Crippen LogP contribution is -2.25. The Labute approximate surface area is 114 Å². The van der Waals surface area contributed by atoms with Crippen molar-refractivity contribution in [1.29, 1.82) is 0 Å². The smallest absolute Gasteiger partial charge is 0.0443 e. The van der Waals surface area contributed by atoms with Gasteiger partial charge in [-0.1, -0.05) is 30.4 Å². The van der Waals surface area contributed by atoms with E-state index in [9.17, 15) is 0 Å². The molecule has 1 aliphatic carbocycles. The molecule has 0 saturated carbocycles. The van der Waals surface area contributed by atoms with Gasteiger partial charge in [0, 0.05) is 30.5 Å². The largest absolute Gasteiger partial charge is 0.398 e. The molecule has 98 valence electrons. The fourth-order valence-electron chi connectivity index (χ4n) is 3.01. The van der Waals surface area contributed by atoms with Crippen LogP contribution in [0.5, 0.6) is 0 Å². The SMILES string of the molecule is C/C1=C(\N)C2=C(C=CCC2)CN(C)c2ccccc21. The predicted molar refractivity (Wildman–Crippen MR) is 81.9 cm³/mol. The number of nitrogens with zero attached hydrogens (tertiary/aromatic N) is 1. The molecule has 0 unspecified atom stereocenters. The third-order valence-electron chi connectivity index (χ3n) is 4.12. The van der Waals surface area contributed by atoms with E-state index in [-0.39, 0.29) is 0 Å². The van der Waals surface area contributed by atoms with Crippen LogP contribution in [-0.4, -0.2) is 13.6 Å². The summed E-state index contributed by atoms with van der Waals surface area (Å²) >= 11 is 0. The zero-order valence-corrected chi connectivity index (χ0v) is 11.6. The van der Waals surface area contributed by atoms with Crippen molar-refractivity contribution in [3.05, 3.63) is 58.8 Å². The number of rotatable bonds is 0. The lowest BCUT2D eigenvalue weighted by molar-refractivity contribution is 0.894. The number of para-hydroxylation sites is 1. The van der Waals surface area contributed by atoms with Gasteiger partial charge in [0.15, 0.2) is 0 Å². The second-order valence-electron chi connectivity index (χ2n) is 5.36. The van der Waals surface area contributed by atoms with E-state index in [2.05, 4.69) is 55.3 Å². The third kappa shape index (κ3) is 1.97. The van der Waals surface area contributed by atoms with Crippen LogP contribution in [0.2, 0.25) is 0 Å². The van der Waals surface area contributed by atoms with Crippen LogP contribution >= 0.6 is 0 Å². The predicted octanol–water partition coefficient (Wildman–Crippen LogP) is 3.47. The molecule has 1 aromatic carbocycles. The van der Waals surface area contributed by atoms with Crippen molar-refractivity contribution in [2.75, 3.05) is 18.5 Å². The Hall–Kier alpha value is -1.96. The summed E-state index contributed by atoms with van der Waals surface area (Å²) in [6, 6.07) is 8.51. The topological polar surface area (TPSA) is 29.3 Å². The highest BCUT2D eigenvalue weighted by Crippen LogP contribution is 2.35. The average molecular weight is 252 g/mol. The Bertz CT molecular complexity index is 605. The van der Waals surface area contributed by atoms with E-state index in [0.29, 0.717) is 0 Å². The van der Waals surface area contributed by atoms with Gasteiger partial charge in [-0.3, -0.25) is 0 Å². The quantitative estimate of drug-likeness (QED) is 0.766. The van der Waals surface area contributed by atoms with Crippen molar-refractivity contribution < 1.29 is 0 Å². The van der Waals surface area contributed by atoms with E-state index >= 15 is 0 Å². The standard InChI is InChI=1S/C17H20N2/c1-12-14-8-5-6-10-16(14)19(2)11-13-7-3-4-9-15(13)17(12)18/h3,5-8,10H,4,9,11,18H2,1-2H3/b17-12+. The Kier molecular flexibility index (Phi) is 2.94. The van der Waals surface area contributed by atoms with E-state index in [4.69, 9.17) is 5.73 Å². The van der Waals surface area contributed by atoms with Crippen molar-refractivity contribution in [3.63, 3.8) is 0 Å². The van der Waals surface area contributed by atoms with Gasteiger partial charge in [0.1, 0.15) is 0 Å². The molecule has 2 heteroatoms. The summed E-state index contributed by atoms with van der Waals surface area (Å²) in [6.45, 7) is 3.06. The van der Waals surface area contributed by atoms with E-state index in [1.807, 2.05) is 0 Å². The van der Waals surface area contributed by atoms with Crippen LogP contribution < -0.4 is 10.6 Å². The summed E-state index contributed by atoms with van der Waals surface area (Å²) in [5.41, 5.74) is 13.8. The minimum atomic E-state index is 0.927. The van der Waals surface area contributed by atoms with Crippen molar-refractivity contribution in [1.82, 2.24) is 0 Å². The summed E-state index contributed by atoms with van der Waals surface area (Å²) in [7, 11) is 2.15. The lowest BCUT2D eigenvalue weighted by Gasteiger charge is -2.29. The molecule has 0 fully saturated rings. The van der Waals surface area contributed by atoms with Gasteiger partial charge in [-0.2, -0.15) is 0 Å². The first-order chi connectivity index (χ1) is 9.18. The number of allylic oxidation sites excluding steroid dienone is 3. The van der Waals surface area contributed by atoms with E-state index in [1.54, 1.807) is 0 Å². The fraction of sp³-hybridized carbons (Fsp3) is 0.294. The van der Waals surface area contributed by atoms with Gasteiger partial charge in [0.25, 0.3) is 0 Å². The average Bonchev–Trinajstić information content (AvgIpc) is 2.45. The maximum Gasteiger partial charge on any atom is 0.0443 e. The normalized spacial score (nSPS) is 22.7. The summed E-state index contributed by atoms with van der Waals surface area (Å²) in [5, 5.41) is 0. The Morgan fingerprint density at radius 2 is 2.00 bits per heavy atom. The Morgan fingerprint density at radius 1 is 1.21 bits per heavy atom. The molecule has 1 aromatic rings. The molecule has 0 bridgehead atoms. The van der Waals surface area contributed by atoms with Crippen LogP contribution in [-0.2, 0) is 0 Å². The van der Waals surface area contributed by atoms with E-state index < -0.39 is 0 Å². The number of hydrogen-bond acceptors (Lipinski definition) is 2. The molecular formula is C17H20N2. The van der Waals surface area contributed by atoms with Crippen molar-refractivity contribution in [3.8, 4) is 0 Å². The first kappa shape index (κ1) is 12.1. The van der Waals surface area contributed by atoms with Gasteiger partial charge in [0.2, 0.25) is 0 Å². The maximum atomic E-state index is 6.43. The molecule has 1 heterocycles. The number of nitrogens with two attached hydrogens (primary N) is 1. The second-order valence-corrected chi connectivity index (χ2v) is 5.36. The van der Waals surface area contributed by atoms with Gasteiger partial charge in [0.05, 0.1) is 0 Å². The highest BCUT2D eigenvalue weighted by molar-refractivity contribution is 5.81. The van der Waals surface area contributed by atoms with Crippen LogP contribution in [0.4, 0.5) is 5.69 Å². The maximum absolute atomic E-state index is 6.43. The molecule has 0 radical (unpaired) electrons. The number of hydrogen-bond donors (Lipinski definition) is 1. The molecule has 2 N–H and O–H groups in total.